The molecule has 1 fully saturated rings. The van der Waals surface area contributed by atoms with Gasteiger partial charge in [0.15, 0.2) is 0 Å². The van der Waals surface area contributed by atoms with E-state index < -0.39 is 0 Å². The van der Waals surface area contributed by atoms with Crippen LogP contribution in [0.3, 0.4) is 0 Å². The smallest absolute Gasteiger partial charge is 0.145 e. The van der Waals surface area contributed by atoms with Crippen LogP contribution in [0.2, 0.25) is 0 Å². The van der Waals surface area contributed by atoms with Gasteiger partial charge >= 0.3 is 0 Å². The fourth-order valence-electron chi connectivity index (χ4n) is 2.49. The second-order valence-electron chi connectivity index (χ2n) is 4.99. The Morgan fingerprint density at radius 3 is 2.90 bits per heavy atom. The summed E-state index contributed by atoms with van der Waals surface area (Å²) in [5, 5.41) is 1.12. The molecule has 1 aliphatic heterocycles. The lowest BCUT2D eigenvalue weighted by Crippen LogP contribution is -2.37. The Kier molecular flexibility index (Phi) is 4.46. The van der Waals surface area contributed by atoms with Crippen LogP contribution in [0.4, 0.5) is 0 Å². The standard InChI is InChI=1S/C16H20N2O2/c1-4-14-5-2-7-17-16(14)15(6-1)20-11-3-8-18-9-12-19-13-10-18/h1-2,4-7H,3,8-13H2. The van der Waals surface area contributed by atoms with E-state index in [4.69, 9.17) is 9.47 Å². The molecule has 0 bridgehead atoms. The number of fused-ring (bicyclic) bond motifs is 1. The Bertz CT molecular complexity index is 548. The van der Waals surface area contributed by atoms with Crippen LogP contribution in [0.15, 0.2) is 36.5 Å². The monoisotopic (exact) mass is 272 g/mol. The summed E-state index contributed by atoms with van der Waals surface area (Å²) < 4.78 is 11.2. The molecule has 1 saturated heterocycles. The molecule has 3 rings (SSSR count). The van der Waals surface area contributed by atoms with E-state index in [1.165, 1.54) is 0 Å². The molecule has 106 valence electrons. The van der Waals surface area contributed by atoms with Gasteiger partial charge in [0.05, 0.1) is 19.8 Å². The van der Waals surface area contributed by atoms with Crippen molar-refractivity contribution in [1.82, 2.24) is 9.88 Å². The third-order valence-corrected chi connectivity index (χ3v) is 3.58. The minimum absolute atomic E-state index is 0.729. The SMILES string of the molecule is c1cnc2c(OCCCN3CCOCC3)cccc2c1. The lowest BCUT2D eigenvalue weighted by Gasteiger charge is -2.26. The lowest BCUT2D eigenvalue weighted by molar-refractivity contribution is 0.0358. The molecule has 0 saturated carbocycles. The molecule has 4 nitrogen and oxygen atoms in total. The third kappa shape index (κ3) is 3.26. The Labute approximate surface area is 119 Å². The maximum Gasteiger partial charge on any atom is 0.145 e. The minimum atomic E-state index is 0.729. The quantitative estimate of drug-likeness (QED) is 0.783. The molecular weight excluding hydrogens is 252 g/mol. The van der Waals surface area contributed by atoms with E-state index in [2.05, 4.69) is 22.0 Å². The predicted molar refractivity (Wildman–Crippen MR) is 79.1 cm³/mol. The second kappa shape index (κ2) is 6.68. The van der Waals surface area contributed by atoms with Crippen LogP contribution in [-0.4, -0.2) is 49.3 Å². The summed E-state index contributed by atoms with van der Waals surface area (Å²) in [6.07, 6.45) is 2.84. The lowest BCUT2D eigenvalue weighted by atomic mass is 10.2. The van der Waals surface area contributed by atoms with Crippen LogP contribution in [0.25, 0.3) is 10.9 Å². The van der Waals surface area contributed by atoms with Gasteiger partial charge in [0.2, 0.25) is 0 Å². The fourth-order valence-corrected chi connectivity index (χ4v) is 2.49. The number of para-hydroxylation sites is 1. The van der Waals surface area contributed by atoms with Crippen LogP contribution >= 0.6 is 0 Å². The topological polar surface area (TPSA) is 34.6 Å². The highest BCUT2D eigenvalue weighted by Gasteiger charge is 2.09. The number of hydrogen-bond donors (Lipinski definition) is 0. The number of pyridine rings is 1. The van der Waals surface area contributed by atoms with E-state index in [0.29, 0.717) is 0 Å². The molecule has 0 amide bonds. The zero-order valence-electron chi connectivity index (χ0n) is 11.6. The number of ether oxygens (including phenoxy) is 2. The van der Waals surface area contributed by atoms with Gasteiger partial charge in [-0.05, 0) is 18.6 Å². The average Bonchev–Trinajstić information content (AvgIpc) is 2.53. The van der Waals surface area contributed by atoms with Crippen molar-refractivity contribution in [1.29, 1.82) is 0 Å². The highest BCUT2D eigenvalue weighted by molar-refractivity contribution is 5.84. The zero-order valence-corrected chi connectivity index (χ0v) is 11.6. The summed E-state index contributed by atoms with van der Waals surface area (Å²) in [6.45, 7) is 5.59. The van der Waals surface area contributed by atoms with Crippen molar-refractivity contribution < 1.29 is 9.47 Å². The van der Waals surface area contributed by atoms with Gasteiger partial charge in [0.25, 0.3) is 0 Å². The molecule has 2 heterocycles. The summed E-state index contributed by atoms with van der Waals surface area (Å²) in [4.78, 5) is 6.82. The summed E-state index contributed by atoms with van der Waals surface area (Å²) >= 11 is 0. The second-order valence-corrected chi connectivity index (χ2v) is 4.99. The van der Waals surface area contributed by atoms with Gasteiger partial charge in [-0.3, -0.25) is 9.88 Å². The highest BCUT2D eigenvalue weighted by atomic mass is 16.5. The van der Waals surface area contributed by atoms with Crippen LogP contribution in [0.1, 0.15) is 6.42 Å². The predicted octanol–water partition coefficient (Wildman–Crippen LogP) is 2.34. The number of aromatic nitrogens is 1. The Morgan fingerprint density at radius 1 is 1.15 bits per heavy atom. The van der Waals surface area contributed by atoms with Crippen molar-refractivity contribution in [3.63, 3.8) is 0 Å². The Hall–Kier alpha value is -1.65. The fraction of sp³-hybridized carbons (Fsp3) is 0.438. The van der Waals surface area contributed by atoms with E-state index in [1.54, 1.807) is 0 Å². The highest BCUT2D eigenvalue weighted by Crippen LogP contribution is 2.22. The van der Waals surface area contributed by atoms with E-state index in [9.17, 15) is 0 Å². The molecule has 0 spiro atoms. The molecule has 20 heavy (non-hydrogen) atoms. The van der Waals surface area contributed by atoms with Gasteiger partial charge in [0, 0.05) is 31.2 Å². The summed E-state index contributed by atoms with van der Waals surface area (Å²) in [7, 11) is 0. The van der Waals surface area contributed by atoms with E-state index in [1.807, 2.05) is 24.4 Å². The largest absolute Gasteiger partial charge is 0.491 e. The van der Waals surface area contributed by atoms with Crippen LogP contribution < -0.4 is 4.74 Å². The molecule has 0 atom stereocenters. The first kappa shape index (κ1) is 13.3. The molecule has 2 aromatic rings. The van der Waals surface area contributed by atoms with Crippen LogP contribution in [0.5, 0.6) is 5.75 Å². The van der Waals surface area contributed by atoms with Crippen LogP contribution in [-0.2, 0) is 4.74 Å². The molecule has 1 aromatic carbocycles. The van der Waals surface area contributed by atoms with Crippen molar-refractivity contribution in [2.24, 2.45) is 0 Å². The molecular formula is C16H20N2O2. The number of morpholine rings is 1. The number of nitrogens with zero attached hydrogens (tertiary/aromatic N) is 2. The van der Waals surface area contributed by atoms with E-state index in [0.717, 1.165) is 62.5 Å². The molecule has 0 unspecified atom stereocenters. The van der Waals surface area contributed by atoms with Crippen molar-refractivity contribution in [3.8, 4) is 5.75 Å². The summed E-state index contributed by atoms with van der Waals surface area (Å²) in [5.41, 5.74) is 0.946. The van der Waals surface area contributed by atoms with Crippen molar-refractivity contribution in [3.05, 3.63) is 36.5 Å². The molecule has 1 aromatic heterocycles. The van der Waals surface area contributed by atoms with Gasteiger partial charge in [-0.25, -0.2) is 0 Å². The third-order valence-electron chi connectivity index (χ3n) is 3.58. The molecule has 1 aliphatic rings. The number of benzene rings is 1. The van der Waals surface area contributed by atoms with Gasteiger partial charge < -0.3 is 9.47 Å². The maximum atomic E-state index is 5.89. The molecule has 0 N–H and O–H groups in total. The molecule has 4 heteroatoms. The Morgan fingerprint density at radius 2 is 2.00 bits per heavy atom. The molecule has 0 aliphatic carbocycles. The summed E-state index contributed by atoms with van der Waals surface area (Å²) in [5.74, 6) is 0.880. The van der Waals surface area contributed by atoms with Crippen molar-refractivity contribution >= 4 is 10.9 Å². The zero-order chi connectivity index (χ0) is 13.6. The Balaban J connectivity index is 1.52. The van der Waals surface area contributed by atoms with E-state index >= 15 is 0 Å². The molecule has 0 radical (unpaired) electrons. The van der Waals surface area contributed by atoms with Crippen molar-refractivity contribution in [2.75, 3.05) is 39.5 Å². The van der Waals surface area contributed by atoms with Gasteiger partial charge in [-0.2, -0.15) is 0 Å². The number of rotatable bonds is 5. The van der Waals surface area contributed by atoms with E-state index in [-0.39, 0.29) is 0 Å². The van der Waals surface area contributed by atoms with Gasteiger partial charge in [-0.15, -0.1) is 0 Å². The van der Waals surface area contributed by atoms with Crippen molar-refractivity contribution in [2.45, 2.75) is 6.42 Å². The minimum Gasteiger partial charge on any atom is -0.491 e. The number of hydrogen-bond acceptors (Lipinski definition) is 4. The average molecular weight is 272 g/mol. The van der Waals surface area contributed by atoms with Gasteiger partial charge in [-0.1, -0.05) is 18.2 Å². The normalized spacial score (nSPS) is 16.4. The first-order valence-electron chi connectivity index (χ1n) is 7.20. The van der Waals surface area contributed by atoms with Gasteiger partial charge in [0.1, 0.15) is 11.3 Å². The summed E-state index contributed by atoms with van der Waals surface area (Å²) in [6, 6.07) is 10.1. The first-order chi connectivity index (χ1) is 9.93. The first-order valence-corrected chi connectivity index (χ1v) is 7.20. The maximum absolute atomic E-state index is 5.89. The van der Waals surface area contributed by atoms with Crippen LogP contribution in [0, 0.1) is 0 Å².